The minimum atomic E-state index is -3.73. The number of nitrogens with zero attached hydrogens (tertiary/aromatic N) is 1. The molecule has 1 aromatic carbocycles. The summed E-state index contributed by atoms with van der Waals surface area (Å²) in [5, 5.41) is 0. The summed E-state index contributed by atoms with van der Waals surface area (Å²) in [6, 6.07) is 8.62. The van der Waals surface area contributed by atoms with Gasteiger partial charge in [-0.1, -0.05) is 22.0 Å². The molecule has 21 heavy (non-hydrogen) atoms. The predicted molar refractivity (Wildman–Crippen MR) is 89.3 cm³/mol. The van der Waals surface area contributed by atoms with E-state index in [1.54, 1.807) is 18.2 Å². The molecule has 0 aliphatic heterocycles. The Morgan fingerprint density at radius 2 is 2.00 bits per heavy atom. The molecule has 0 unspecified atom stereocenters. The fourth-order valence-electron chi connectivity index (χ4n) is 1.80. The number of aryl methyl sites for hydroxylation is 1. The molecule has 112 valence electrons. The SMILES string of the molecule is Cc1cccc(CNS(=O)(=O)c2c(N)cc(Br)cc2Br)n1. The van der Waals surface area contributed by atoms with Crippen LogP contribution < -0.4 is 10.5 Å². The zero-order chi connectivity index (χ0) is 15.6. The summed E-state index contributed by atoms with van der Waals surface area (Å²) >= 11 is 6.49. The van der Waals surface area contributed by atoms with Crippen molar-refractivity contribution in [3.63, 3.8) is 0 Å². The van der Waals surface area contributed by atoms with Gasteiger partial charge in [0, 0.05) is 14.6 Å². The molecule has 0 aliphatic carbocycles. The van der Waals surface area contributed by atoms with Crippen molar-refractivity contribution in [1.82, 2.24) is 9.71 Å². The van der Waals surface area contributed by atoms with Crippen LogP contribution >= 0.6 is 31.9 Å². The fraction of sp³-hybridized carbons (Fsp3) is 0.154. The molecule has 2 rings (SSSR count). The molecule has 0 bridgehead atoms. The molecule has 0 radical (unpaired) electrons. The van der Waals surface area contributed by atoms with Gasteiger partial charge in [-0.2, -0.15) is 0 Å². The second kappa shape index (κ2) is 6.43. The molecular formula is C13H13Br2N3O2S. The number of rotatable bonds is 4. The molecule has 0 saturated heterocycles. The van der Waals surface area contributed by atoms with Crippen molar-refractivity contribution < 1.29 is 8.42 Å². The Labute approximate surface area is 140 Å². The Hall–Kier alpha value is -0.960. The van der Waals surface area contributed by atoms with Crippen LogP contribution in [0.3, 0.4) is 0 Å². The number of anilines is 1. The average Bonchev–Trinajstić information content (AvgIpc) is 2.35. The highest BCUT2D eigenvalue weighted by Gasteiger charge is 2.21. The van der Waals surface area contributed by atoms with Crippen molar-refractivity contribution >= 4 is 47.6 Å². The van der Waals surface area contributed by atoms with E-state index in [0.717, 1.165) is 5.69 Å². The quantitative estimate of drug-likeness (QED) is 0.724. The maximum Gasteiger partial charge on any atom is 0.244 e. The summed E-state index contributed by atoms with van der Waals surface area (Å²) in [6.45, 7) is 1.95. The van der Waals surface area contributed by atoms with Gasteiger partial charge in [-0.15, -0.1) is 0 Å². The standard InChI is InChI=1S/C13H13Br2N3O2S/c1-8-3-2-4-10(18-8)7-17-21(19,20)13-11(15)5-9(14)6-12(13)16/h2-6,17H,7,16H2,1H3. The molecular weight excluding hydrogens is 422 g/mol. The molecule has 0 atom stereocenters. The largest absolute Gasteiger partial charge is 0.398 e. The molecule has 2 aromatic rings. The maximum absolute atomic E-state index is 12.4. The van der Waals surface area contributed by atoms with Gasteiger partial charge in [0.25, 0.3) is 0 Å². The lowest BCUT2D eigenvalue weighted by molar-refractivity contribution is 0.580. The van der Waals surface area contributed by atoms with Crippen molar-refractivity contribution in [3.8, 4) is 0 Å². The molecule has 8 heteroatoms. The van der Waals surface area contributed by atoms with Crippen LogP contribution in [0.4, 0.5) is 5.69 Å². The summed E-state index contributed by atoms with van der Waals surface area (Å²) in [6.07, 6.45) is 0. The highest BCUT2D eigenvalue weighted by atomic mass is 79.9. The van der Waals surface area contributed by atoms with Crippen molar-refractivity contribution in [3.05, 3.63) is 50.7 Å². The molecule has 0 aliphatic rings. The minimum Gasteiger partial charge on any atom is -0.398 e. The smallest absolute Gasteiger partial charge is 0.244 e. The Bertz CT molecular complexity index is 756. The van der Waals surface area contributed by atoms with E-state index in [2.05, 4.69) is 41.6 Å². The lowest BCUT2D eigenvalue weighted by Crippen LogP contribution is -2.25. The molecule has 1 heterocycles. The highest BCUT2D eigenvalue weighted by Crippen LogP contribution is 2.31. The van der Waals surface area contributed by atoms with Gasteiger partial charge in [0.05, 0.1) is 17.9 Å². The zero-order valence-electron chi connectivity index (χ0n) is 11.1. The molecule has 0 amide bonds. The maximum atomic E-state index is 12.4. The monoisotopic (exact) mass is 433 g/mol. The lowest BCUT2D eigenvalue weighted by atomic mass is 10.3. The third kappa shape index (κ3) is 4.03. The van der Waals surface area contributed by atoms with Crippen LogP contribution in [-0.4, -0.2) is 13.4 Å². The first-order valence-corrected chi connectivity index (χ1v) is 9.03. The number of hydrogen-bond acceptors (Lipinski definition) is 4. The van der Waals surface area contributed by atoms with Crippen molar-refractivity contribution in [2.75, 3.05) is 5.73 Å². The van der Waals surface area contributed by atoms with E-state index >= 15 is 0 Å². The number of halogens is 2. The van der Waals surface area contributed by atoms with Gasteiger partial charge >= 0.3 is 0 Å². The number of nitrogens with one attached hydrogen (secondary N) is 1. The van der Waals surface area contributed by atoms with Crippen molar-refractivity contribution in [2.24, 2.45) is 0 Å². The first-order chi connectivity index (χ1) is 9.79. The van der Waals surface area contributed by atoms with Crippen LogP contribution in [0, 0.1) is 6.92 Å². The molecule has 1 aromatic heterocycles. The number of nitrogens with two attached hydrogens (primary N) is 1. The second-order valence-electron chi connectivity index (χ2n) is 4.40. The van der Waals surface area contributed by atoms with E-state index < -0.39 is 10.0 Å². The van der Waals surface area contributed by atoms with Crippen LogP contribution in [0.1, 0.15) is 11.4 Å². The van der Waals surface area contributed by atoms with E-state index in [0.29, 0.717) is 14.6 Å². The molecule has 5 nitrogen and oxygen atoms in total. The van der Waals surface area contributed by atoms with Crippen LogP contribution in [0.15, 0.2) is 44.2 Å². The van der Waals surface area contributed by atoms with Crippen LogP contribution in [0.5, 0.6) is 0 Å². The summed E-state index contributed by atoms with van der Waals surface area (Å²) in [7, 11) is -3.73. The van der Waals surface area contributed by atoms with Crippen molar-refractivity contribution in [1.29, 1.82) is 0 Å². The van der Waals surface area contributed by atoms with E-state index in [9.17, 15) is 8.42 Å². The van der Waals surface area contributed by atoms with E-state index in [-0.39, 0.29) is 17.1 Å². The fourth-order valence-corrected chi connectivity index (χ4v) is 4.87. The van der Waals surface area contributed by atoms with Crippen LogP contribution in [0.2, 0.25) is 0 Å². The van der Waals surface area contributed by atoms with Crippen LogP contribution in [0.25, 0.3) is 0 Å². The van der Waals surface area contributed by atoms with Gasteiger partial charge in [0.2, 0.25) is 10.0 Å². The molecule has 3 N–H and O–H groups in total. The van der Waals surface area contributed by atoms with E-state index in [1.165, 1.54) is 0 Å². The average molecular weight is 435 g/mol. The predicted octanol–water partition coefficient (Wildman–Crippen LogP) is 2.98. The second-order valence-corrected chi connectivity index (χ2v) is 7.87. The number of pyridine rings is 1. The third-order valence-electron chi connectivity index (χ3n) is 2.70. The third-order valence-corrected chi connectivity index (χ3v) is 5.56. The lowest BCUT2D eigenvalue weighted by Gasteiger charge is -2.11. The highest BCUT2D eigenvalue weighted by molar-refractivity contribution is 9.11. The Morgan fingerprint density at radius 1 is 1.29 bits per heavy atom. The number of benzene rings is 1. The summed E-state index contributed by atoms with van der Waals surface area (Å²) in [4.78, 5) is 4.28. The normalized spacial score (nSPS) is 11.6. The van der Waals surface area contributed by atoms with E-state index in [4.69, 9.17) is 5.73 Å². The van der Waals surface area contributed by atoms with E-state index in [1.807, 2.05) is 19.1 Å². The van der Waals surface area contributed by atoms with Gasteiger partial charge in [0.15, 0.2) is 0 Å². The molecule has 0 saturated carbocycles. The number of sulfonamides is 1. The molecule has 0 fully saturated rings. The summed E-state index contributed by atoms with van der Waals surface area (Å²) in [5.41, 5.74) is 7.45. The Morgan fingerprint density at radius 3 is 2.62 bits per heavy atom. The van der Waals surface area contributed by atoms with Gasteiger partial charge in [-0.05, 0) is 47.1 Å². The Kier molecular flexibility index (Phi) is 5.03. The first kappa shape index (κ1) is 16.4. The van der Waals surface area contributed by atoms with Gasteiger partial charge < -0.3 is 5.73 Å². The van der Waals surface area contributed by atoms with Gasteiger partial charge in [-0.3, -0.25) is 4.98 Å². The number of hydrogen-bond donors (Lipinski definition) is 2. The zero-order valence-corrected chi connectivity index (χ0v) is 15.1. The molecule has 0 spiro atoms. The number of aromatic nitrogens is 1. The summed E-state index contributed by atoms with van der Waals surface area (Å²) in [5.74, 6) is 0. The van der Waals surface area contributed by atoms with Crippen LogP contribution in [-0.2, 0) is 16.6 Å². The van der Waals surface area contributed by atoms with Crippen molar-refractivity contribution in [2.45, 2.75) is 18.4 Å². The minimum absolute atomic E-state index is 0.0263. The topological polar surface area (TPSA) is 85.1 Å². The van der Waals surface area contributed by atoms with Gasteiger partial charge in [-0.25, -0.2) is 13.1 Å². The summed E-state index contributed by atoms with van der Waals surface area (Å²) < 4.78 is 28.4. The number of nitrogen functional groups attached to an aromatic ring is 1. The Balaban J connectivity index is 2.27. The van der Waals surface area contributed by atoms with Gasteiger partial charge in [0.1, 0.15) is 4.90 Å². The first-order valence-electron chi connectivity index (χ1n) is 5.96.